The number of aliphatic hydroxyl groups is 1. The molecule has 0 aromatic rings. The summed E-state index contributed by atoms with van der Waals surface area (Å²) in [6.07, 6.45) is 16.7. The largest absolute Gasteiger partial charge is 0.393 e. The monoisotopic (exact) mass is 412 g/mol. The Balaban J connectivity index is 1.49. The summed E-state index contributed by atoms with van der Waals surface area (Å²) < 4.78 is 0. The van der Waals surface area contributed by atoms with E-state index in [0.29, 0.717) is 10.8 Å². The second kappa shape index (κ2) is 8.42. The predicted molar refractivity (Wildman–Crippen MR) is 128 cm³/mol. The average Bonchev–Trinajstić information content (AvgIpc) is 3.09. The molecule has 0 unspecified atom stereocenters. The van der Waals surface area contributed by atoms with Crippen LogP contribution in [0, 0.1) is 40.4 Å². The van der Waals surface area contributed by atoms with Gasteiger partial charge in [-0.2, -0.15) is 0 Å². The Bertz CT molecular complexity index is 701. The van der Waals surface area contributed by atoms with E-state index in [1.807, 2.05) is 0 Å². The van der Waals surface area contributed by atoms with Crippen molar-refractivity contribution in [3.8, 4) is 0 Å². The van der Waals surface area contributed by atoms with Gasteiger partial charge in [0.25, 0.3) is 0 Å². The molecule has 3 fully saturated rings. The molecule has 0 spiro atoms. The Kier molecular flexibility index (Phi) is 6.35. The van der Waals surface area contributed by atoms with E-state index in [-0.39, 0.29) is 6.10 Å². The number of aliphatic hydroxyl groups excluding tert-OH is 1. The lowest BCUT2D eigenvalue weighted by molar-refractivity contribution is -0.0571. The van der Waals surface area contributed by atoms with Crippen molar-refractivity contribution in [3.63, 3.8) is 0 Å². The first-order valence-corrected chi connectivity index (χ1v) is 13.2. The van der Waals surface area contributed by atoms with Crippen molar-refractivity contribution in [1.82, 2.24) is 0 Å². The molecule has 0 aliphatic heterocycles. The van der Waals surface area contributed by atoms with Crippen LogP contribution >= 0.6 is 0 Å². The fourth-order valence-corrected chi connectivity index (χ4v) is 8.78. The van der Waals surface area contributed by atoms with Crippen LogP contribution in [0.4, 0.5) is 0 Å². The average molecular weight is 413 g/mol. The molecule has 1 nitrogen and oxygen atoms in total. The molecule has 4 aliphatic rings. The van der Waals surface area contributed by atoms with E-state index in [0.717, 1.165) is 42.4 Å². The summed E-state index contributed by atoms with van der Waals surface area (Å²) in [5, 5.41) is 10.2. The third-order valence-electron chi connectivity index (χ3n) is 11.1. The highest BCUT2D eigenvalue weighted by Gasteiger charge is 2.59. The molecule has 30 heavy (non-hydrogen) atoms. The zero-order chi connectivity index (χ0) is 21.7. The molecule has 0 bridgehead atoms. The fraction of sp³-hybridized carbons (Fsp3) is 0.862. The summed E-state index contributed by atoms with van der Waals surface area (Å²) in [6.45, 7) is 14.8. The van der Waals surface area contributed by atoms with Crippen LogP contribution in [0.1, 0.15) is 112 Å². The molecule has 0 radical (unpaired) electrons. The van der Waals surface area contributed by atoms with Gasteiger partial charge in [0, 0.05) is 0 Å². The van der Waals surface area contributed by atoms with Crippen LogP contribution in [0.3, 0.4) is 0 Å². The van der Waals surface area contributed by atoms with Crippen LogP contribution in [0.25, 0.3) is 0 Å². The molecule has 8 atom stereocenters. The standard InChI is InChI=1S/C29H48O/c1-7-19(2)20(3)8-9-21(4)25-12-13-26-24-11-10-22-18-23(30)14-16-28(22,5)27(24)15-17-29(25,26)6/h10,21,23-27,30H,7-9,11-18H2,1-6H3/b20-19+/t21-,23+,24+,25-,26+,27+,28+,29-/m1/s1. The highest BCUT2D eigenvalue weighted by molar-refractivity contribution is 5.25. The first-order chi connectivity index (χ1) is 14.2. The second-order valence-corrected chi connectivity index (χ2v) is 12.3. The Morgan fingerprint density at radius 2 is 1.83 bits per heavy atom. The molecule has 1 N–H and O–H groups in total. The molecule has 0 aromatic heterocycles. The van der Waals surface area contributed by atoms with Crippen LogP contribution in [0.5, 0.6) is 0 Å². The van der Waals surface area contributed by atoms with Gasteiger partial charge in [0.05, 0.1) is 6.10 Å². The van der Waals surface area contributed by atoms with E-state index in [2.05, 4.69) is 47.6 Å². The van der Waals surface area contributed by atoms with Gasteiger partial charge in [-0.3, -0.25) is 0 Å². The molecule has 170 valence electrons. The maximum absolute atomic E-state index is 10.2. The Morgan fingerprint density at radius 3 is 2.57 bits per heavy atom. The van der Waals surface area contributed by atoms with Crippen LogP contribution in [-0.4, -0.2) is 11.2 Å². The van der Waals surface area contributed by atoms with Gasteiger partial charge in [0.15, 0.2) is 0 Å². The van der Waals surface area contributed by atoms with E-state index in [1.165, 1.54) is 57.8 Å². The van der Waals surface area contributed by atoms with Crippen molar-refractivity contribution in [2.24, 2.45) is 40.4 Å². The third-order valence-corrected chi connectivity index (χ3v) is 11.1. The lowest BCUT2D eigenvalue weighted by atomic mass is 9.47. The zero-order valence-electron chi connectivity index (χ0n) is 20.8. The van der Waals surface area contributed by atoms with Crippen molar-refractivity contribution in [1.29, 1.82) is 0 Å². The number of rotatable bonds is 5. The molecule has 0 heterocycles. The fourth-order valence-electron chi connectivity index (χ4n) is 8.78. The van der Waals surface area contributed by atoms with E-state index in [9.17, 15) is 5.11 Å². The number of hydrogen-bond donors (Lipinski definition) is 1. The zero-order valence-corrected chi connectivity index (χ0v) is 20.8. The number of fused-ring (bicyclic) bond motifs is 5. The summed E-state index contributed by atoms with van der Waals surface area (Å²) in [5.41, 5.74) is 5.81. The summed E-state index contributed by atoms with van der Waals surface area (Å²) in [7, 11) is 0. The molecule has 0 aromatic carbocycles. The van der Waals surface area contributed by atoms with Crippen molar-refractivity contribution in [2.75, 3.05) is 0 Å². The maximum Gasteiger partial charge on any atom is 0.0577 e. The van der Waals surface area contributed by atoms with Gasteiger partial charge in [-0.1, -0.05) is 50.5 Å². The second-order valence-electron chi connectivity index (χ2n) is 12.3. The van der Waals surface area contributed by atoms with Crippen LogP contribution < -0.4 is 0 Å². The topological polar surface area (TPSA) is 20.2 Å². The summed E-state index contributed by atoms with van der Waals surface area (Å²) in [6, 6.07) is 0. The Morgan fingerprint density at radius 1 is 1.07 bits per heavy atom. The molecule has 4 rings (SSSR count). The smallest absolute Gasteiger partial charge is 0.0577 e. The quantitative estimate of drug-likeness (QED) is 0.452. The highest BCUT2D eigenvalue weighted by Crippen LogP contribution is 2.67. The van der Waals surface area contributed by atoms with E-state index < -0.39 is 0 Å². The van der Waals surface area contributed by atoms with Crippen molar-refractivity contribution < 1.29 is 5.11 Å². The van der Waals surface area contributed by atoms with Crippen molar-refractivity contribution in [3.05, 3.63) is 22.8 Å². The van der Waals surface area contributed by atoms with Crippen molar-refractivity contribution in [2.45, 2.75) is 118 Å². The Labute approximate surface area is 186 Å². The lowest BCUT2D eigenvalue weighted by Gasteiger charge is -2.58. The Hall–Kier alpha value is -0.560. The summed E-state index contributed by atoms with van der Waals surface area (Å²) in [4.78, 5) is 0. The van der Waals surface area contributed by atoms with Crippen molar-refractivity contribution >= 4 is 0 Å². The maximum atomic E-state index is 10.2. The van der Waals surface area contributed by atoms with E-state index in [1.54, 1.807) is 16.7 Å². The van der Waals surface area contributed by atoms with Gasteiger partial charge in [0.1, 0.15) is 0 Å². The normalized spacial score (nSPS) is 45.0. The van der Waals surface area contributed by atoms with Gasteiger partial charge in [-0.15, -0.1) is 0 Å². The summed E-state index contributed by atoms with van der Waals surface area (Å²) in [5.74, 6) is 4.47. The molecular weight excluding hydrogens is 364 g/mol. The van der Waals surface area contributed by atoms with Gasteiger partial charge in [0.2, 0.25) is 0 Å². The van der Waals surface area contributed by atoms with Gasteiger partial charge in [-0.05, 0) is 125 Å². The first kappa shape index (κ1) is 22.6. The lowest BCUT2D eigenvalue weighted by Crippen LogP contribution is -2.50. The minimum atomic E-state index is -0.0831. The minimum absolute atomic E-state index is 0.0831. The predicted octanol–water partition coefficient (Wildman–Crippen LogP) is 8.09. The first-order valence-electron chi connectivity index (χ1n) is 13.2. The highest BCUT2D eigenvalue weighted by atomic mass is 16.3. The third kappa shape index (κ3) is 3.66. The molecule has 4 aliphatic carbocycles. The number of hydrogen-bond acceptors (Lipinski definition) is 1. The van der Waals surface area contributed by atoms with Gasteiger partial charge >= 0.3 is 0 Å². The van der Waals surface area contributed by atoms with Crippen LogP contribution in [-0.2, 0) is 0 Å². The minimum Gasteiger partial charge on any atom is -0.393 e. The molecular formula is C29H48O. The van der Waals surface area contributed by atoms with Crippen LogP contribution in [0.15, 0.2) is 22.8 Å². The molecule has 3 saturated carbocycles. The van der Waals surface area contributed by atoms with Crippen LogP contribution in [0.2, 0.25) is 0 Å². The van der Waals surface area contributed by atoms with E-state index >= 15 is 0 Å². The van der Waals surface area contributed by atoms with Gasteiger partial charge in [-0.25, -0.2) is 0 Å². The number of allylic oxidation sites excluding steroid dienone is 3. The molecule has 1 heteroatoms. The SMILES string of the molecule is CC/C(C)=C(\C)CC[C@@H](C)[C@H]1CC[C@H]2[C@@H]3CC=C4C[C@@H](O)CC[C@]4(C)[C@H]3CC[C@]12C. The van der Waals surface area contributed by atoms with E-state index in [4.69, 9.17) is 0 Å². The summed E-state index contributed by atoms with van der Waals surface area (Å²) >= 11 is 0. The molecule has 0 saturated heterocycles. The molecule has 0 amide bonds. The van der Waals surface area contributed by atoms with Gasteiger partial charge < -0.3 is 5.11 Å².